The number of methoxy groups -OCH3 is 1. The Bertz CT molecular complexity index is 49.7. The van der Waals surface area contributed by atoms with E-state index in [9.17, 15) is 0 Å². The fourth-order valence-corrected chi connectivity index (χ4v) is 0.566. The van der Waals surface area contributed by atoms with Gasteiger partial charge in [-0.2, -0.15) is 0 Å². The summed E-state index contributed by atoms with van der Waals surface area (Å²) < 4.78 is 4.77. The van der Waals surface area contributed by atoms with Crippen LogP contribution in [0.3, 0.4) is 0 Å². The Morgan fingerprint density at radius 3 is 2.62 bits per heavy atom. The van der Waals surface area contributed by atoms with Gasteiger partial charge < -0.3 is 4.74 Å². The van der Waals surface area contributed by atoms with Crippen LogP contribution in [0.5, 0.6) is 0 Å². The van der Waals surface area contributed by atoms with Crippen LogP contribution in [0.15, 0.2) is 0 Å². The van der Waals surface area contributed by atoms with Crippen LogP contribution in [0.4, 0.5) is 0 Å². The predicted molar refractivity (Wildman–Crippen MR) is 36.9 cm³/mol. The van der Waals surface area contributed by atoms with E-state index in [1.54, 1.807) is 7.11 Å². The molecule has 0 heterocycles. The Hall–Kier alpha value is 0.540. The zero-order chi connectivity index (χ0) is 6.41. The maximum Gasteiger partial charge on any atom is 0.0493 e. The van der Waals surface area contributed by atoms with Crippen molar-refractivity contribution in [2.24, 2.45) is 0 Å². The van der Waals surface area contributed by atoms with E-state index in [0.29, 0.717) is 12.5 Å². The molecule has 0 bridgehead atoms. The van der Waals surface area contributed by atoms with Crippen molar-refractivity contribution in [3.63, 3.8) is 0 Å². The number of alkyl halides is 2. The molecule has 0 saturated carbocycles. The third-order valence-corrected chi connectivity index (χ3v) is 1.71. The molecular weight excluding hydrogens is 147 g/mol. The highest BCUT2D eigenvalue weighted by Crippen LogP contribution is 2.02. The summed E-state index contributed by atoms with van der Waals surface area (Å²) in [6, 6.07) is 0. The minimum absolute atomic E-state index is 0.0663. The molecule has 0 aliphatic rings. The molecule has 50 valence electrons. The minimum Gasteiger partial charge on any atom is -0.385 e. The molecule has 0 amide bonds. The molecule has 0 N–H and O–H groups in total. The van der Waals surface area contributed by atoms with Gasteiger partial charge >= 0.3 is 0 Å². The second kappa shape index (κ2) is 5.67. The highest BCUT2D eigenvalue weighted by atomic mass is 35.5. The average Bonchev–Trinajstić information content (AvgIpc) is 1.83. The largest absolute Gasteiger partial charge is 0.385 e. The van der Waals surface area contributed by atoms with Gasteiger partial charge in [-0.1, -0.05) is 0 Å². The summed E-state index contributed by atoms with van der Waals surface area (Å²) >= 11 is 11.0. The summed E-state index contributed by atoms with van der Waals surface area (Å²) in [4.78, 5) is 0. The SMILES string of the molecule is COCCC(Cl)CCl. The standard InChI is InChI=1S/C5H10Cl2O/c1-8-3-2-5(7)4-6/h5H,2-4H2,1H3. The third kappa shape index (κ3) is 4.69. The molecule has 0 aromatic heterocycles. The lowest BCUT2D eigenvalue weighted by atomic mass is 10.3. The maximum absolute atomic E-state index is 5.63. The van der Waals surface area contributed by atoms with Crippen molar-refractivity contribution in [1.29, 1.82) is 0 Å². The summed E-state index contributed by atoms with van der Waals surface area (Å²) in [5.41, 5.74) is 0. The van der Waals surface area contributed by atoms with Crippen LogP contribution in [-0.4, -0.2) is 25.0 Å². The van der Waals surface area contributed by atoms with Gasteiger partial charge in [-0.05, 0) is 6.42 Å². The van der Waals surface area contributed by atoms with Gasteiger partial charge in [0.25, 0.3) is 0 Å². The molecule has 0 aliphatic carbocycles. The molecule has 0 rings (SSSR count). The van der Waals surface area contributed by atoms with Gasteiger partial charge in [0.05, 0.1) is 0 Å². The summed E-state index contributed by atoms with van der Waals surface area (Å²) in [6.45, 7) is 0.695. The fourth-order valence-electron chi connectivity index (χ4n) is 0.323. The minimum atomic E-state index is 0.0663. The quantitative estimate of drug-likeness (QED) is 0.566. The highest BCUT2D eigenvalue weighted by molar-refractivity contribution is 6.28. The molecule has 0 spiro atoms. The molecule has 1 nitrogen and oxygen atoms in total. The number of rotatable bonds is 4. The monoisotopic (exact) mass is 156 g/mol. The van der Waals surface area contributed by atoms with E-state index < -0.39 is 0 Å². The number of hydrogen-bond acceptors (Lipinski definition) is 1. The van der Waals surface area contributed by atoms with Crippen molar-refractivity contribution in [1.82, 2.24) is 0 Å². The number of ether oxygens (including phenoxy) is 1. The van der Waals surface area contributed by atoms with Crippen molar-refractivity contribution < 1.29 is 4.74 Å². The van der Waals surface area contributed by atoms with Crippen LogP contribution in [0, 0.1) is 0 Å². The summed E-state index contributed by atoms with van der Waals surface area (Å²) in [6.07, 6.45) is 0.835. The van der Waals surface area contributed by atoms with Crippen molar-refractivity contribution in [3.8, 4) is 0 Å². The van der Waals surface area contributed by atoms with Gasteiger partial charge in [-0.15, -0.1) is 23.2 Å². The van der Waals surface area contributed by atoms with E-state index in [2.05, 4.69) is 0 Å². The molecule has 3 heteroatoms. The zero-order valence-electron chi connectivity index (χ0n) is 4.86. The fraction of sp³-hybridized carbons (Fsp3) is 1.00. The Balaban J connectivity index is 2.86. The molecular formula is C5H10Cl2O. The van der Waals surface area contributed by atoms with E-state index in [0.717, 1.165) is 6.42 Å². The third-order valence-electron chi connectivity index (χ3n) is 0.803. The number of halogens is 2. The molecule has 8 heavy (non-hydrogen) atoms. The topological polar surface area (TPSA) is 9.23 Å². The Morgan fingerprint density at radius 1 is 1.62 bits per heavy atom. The van der Waals surface area contributed by atoms with Crippen molar-refractivity contribution in [2.75, 3.05) is 19.6 Å². The maximum atomic E-state index is 5.63. The van der Waals surface area contributed by atoms with Gasteiger partial charge in [0.15, 0.2) is 0 Å². The van der Waals surface area contributed by atoms with Crippen LogP contribution >= 0.6 is 23.2 Å². The first-order valence-electron chi connectivity index (χ1n) is 2.50. The van der Waals surface area contributed by atoms with Crippen LogP contribution < -0.4 is 0 Å². The second-order valence-corrected chi connectivity index (χ2v) is 2.46. The van der Waals surface area contributed by atoms with Crippen LogP contribution in [0.2, 0.25) is 0 Å². The summed E-state index contributed by atoms with van der Waals surface area (Å²) in [5, 5.41) is 0.0663. The normalized spacial score (nSPS) is 13.9. The lowest BCUT2D eigenvalue weighted by Crippen LogP contribution is -2.03. The molecule has 1 unspecified atom stereocenters. The molecule has 0 fully saturated rings. The van der Waals surface area contributed by atoms with E-state index >= 15 is 0 Å². The van der Waals surface area contributed by atoms with Crippen LogP contribution in [0.1, 0.15) is 6.42 Å². The van der Waals surface area contributed by atoms with Gasteiger partial charge in [-0.25, -0.2) is 0 Å². The van der Waals surface area contributed by atoms with Gasteiger partial charge in [-0.3, -0.25) is 0 Å². The molecule has 0 aliphatic heterocycles. The first kappa shape index (κ1) is 8.54. The average molecular weight is 157 g/mol. The lowest BCUT2D eigenvalue weighted by Gasteiger charge is -2.01. The molecule has 0 aromatic carbocycles. The van der Waals surface area contributed by atoms with Crippen molar-refractivity contribution in [2.45, 2.75) is 11.8 Å². The van der Waals surface area contributed by atoms with E-state index in [-0.39, 0.29) is 5.38 Å². The summed E-state index contributed by atoms with van der Waals surface area (Å²) in [5.74, 6) is 0.505. The molecule has 0 radical (unpaired) electrons. The van der Waals surface area contributed by atoms with E-state index in [4.69, 9.17) is 27.9 Å². The van der Waals surface area contributed by atoms with E-state index in [1.807, 2.05) is 0 Å². The first-order chi connectivity index (χ1) is 3.81. The van der Waals surface area contributed by atoms with Gasteiger partial charge in [0, 0.05) is 25.0 Å². The Kier molecular flexibility index (Phi) is 6.06. The van der Waals surface area contributed by atoms with E-state index in [1.165, 1.54) is 0 Å². The molecule has 1 atom stereocenters. The first-order valence-corrected chi connectivity index (χ1v) is 3.47. The Labute approximate surface area is 59.9 Å². The van der Waals surface area contributed by atoms with Crippen LogP contribution in [-0.2, 0) is 4.74 Å². The number of hydrogen-bond donors (Lipinski definition) is 0. The molecule has 0 aromatic rings. The predicted octanol–water partition coefficient (Wildman–Crippen LogP) is 1.87. The Morgan fingerprint density at radius 2 is 2.25 bits per heavy atom. The highest BCUT2D eigenvalue weighted by Gasteiger charge is 1.99. The van der Waals surface area contributed by atoms with Gasteiger partial charge in [0.1, 0.15) is 0 Å². The smallest absolute Gasteiger partial charge is 0.0493 e. The lowest BCUT2D eigenvalue weighted by molar-refractivity contribution is 0.195. The molecule has 0 saturated heterocycles. The second-order valence-electron chi connectivity index (χ2n) is 1.53. The summed E-state index contributed by atoms with van der Waals surface area (Å²) in [7, 11) is 1.65. The zero-order valence-corrected chi connectivity index (χ0v) is 6.37. The van der Waals surface area contributed by atoms with Crippen molar-refractivity contribution >= 4 is 23.2 Å². The van der Waals surface area contributed by atoms with Gasteiger partial charge in [0.2, 0.25) is 0 Å². The van der Waals surface area contributed by atoms with Crippen LogP contribution in [0.25, 0.3) is 0 Å². The van der Waals surface area contributed by atoms with Crippen molar-refractivity contribution in [3.05, 3.63) is 0 Å².